The van der Waals surface area contributed by atoms with Crippen LogP contribution in [0.4, 0.5) is 0 Å². The van der Waals surface area contributed by atoms with Crippen molar-refractivity contribution in [3.63, 3.8) is 0 Å². The molecule has 0 N–H and O–H groups in total. The number of fused-ring (bicyclic) bond motifs is 1. The highest BCUT2D eigenvalue weighted by molar-refractivity contribution is 6.10. The highest BCUT2D eigenvalue weighted by Gasteiger charge is 2.22. The summed E-state index contributed by atoms with van der Waals surface area (Å²) in [6, 6.07) is 12.1. The van der Waals surface area contributed by atoms with Gasteiger partial charge in [0.15, 0.2) is 0 Å². The Kier molecular flexibility index (Phi) is 4.08. The molecule has 24 heavy (non-hydrogen) atoms. The molecule has 0 atom stereocenters. The minimum atomic E-state index is -0.431. The molecule has 0 radical (unpaired) electrons. The summed E-state index contributed by atoms with van der Waals surface area (Å²) >= 11 is 0. The molecule has 0 spiro atoms. The van der Waals surface area contributed by atoms with Crippen LogP contribution in [0.1, 0.15) is 32.0 Å². The van der Waals surface area contributed by atoms with Gasteiger partial charge in [-0.15, -0.1) is 0 Å². The quantitative estimate of drug-likeness (QED) is 0.546. The number of aromatic nitrogens is 1. The lowest BCUT2D eigenvalue weighted by Gasteiger charge is -2.05. The molecule has 0 saturated carbocycles. The molecule has 1 aromatic carbocycles. The maximum Gasteiger partial charge on any atom is 0.337 e. The van der Waals surface area contributed by atoms with Crippen molar-refractivity contribution >= 4 is 17.3 Å². The van der Waals surface area contributed by atoms with Crippen LogP contribution >= 0.6 is 0 Å². The third kappa shape index (κ3) is 2.44. The van der Waals surface area contributed by atoms with Crippen LogP contribution in [-0.4, -0.2) is 30.4 Å². The smallest absolute Gasteiger partial charge is 0.337 e. The van der Waals surface area contributed by atoms with Gasteiger partial charge < -0.3 is 13.9 Å². The Labute approximate surface area is 139 Å². The second-order valence-corrected chi connectivity index (χ2v) is 5.36. The van der Waals surface area contributed by atoms with E-state index in [4.69, 9.17) is 4.74 Å². The van der Waals surface area contributed by atoms with Crippen LogP contribution in [-0.2, 0) is 4.74 Å². The van der Waals surface area contributed by atoms with Crippen molar-refractivity contribution in [2.45, 2.75) is 6.92 Å². The zero-order valence-corrected chi connectivity index (χ0v) is 13.7. The average Bonchev–Trinajstić information content (AvgIpc) is 2.91. The fourth-order valence-electron chi connectivity index (χ4n) is 2.85. The van der Waals surface area contributed by atoms with Gasteiger partial charge in [0.2, 0.25) is 5.78 Å². The largest absolute Gasteiger partial charge is 0.494 e. The monoisotopic (exact) mass is 323 g/mol. The highest BCUT2D eigenvalue weighted by Crippen LogP contribution is 2.31. The van der Waals surface area contributed by atoms with E-state index in [1.165, 1.54) is 7.11 Å². The van der Waals surface area contributed by atoms with Gasteiger partial charge in [-0.2, -0.15) is 0 Å². The SMILES string of the molecule is COC(=O)c1ccc(C(=O)c2c(C)c(OC)c3ccccn23)cc1. The number of rotatable bonds is 4. The third-order valence-electron chi connectivity index (χ3n) is 4.02. The van der Waals surface area contributed by atoms with Gasteiger partial charge in [-0.25, -0.2) is 4.79 Å². The normalized spacial score (nSPS) is 10.6. The van der Waals surface area contributed by atoms with Crippen molar-refractivity contribution in [2.75, 3.05) is 14.2 Å². The predicted molar refractivity (Wildman–Crippen MR) is 89.9 cm³/mol. The van der Waals surface area contributed by atoms with Crippen LogP contribution in [0.25, 0.3) is 5.52 Å². The molecule has 0 amide bonds. The van der Waals surface area contributed by atoms with E-state index in [1.54, 1.807) is 31.4 Å². The fraction of sp³-hybridized carbons (Fsp3) is 0.158. The summed E-state index contributed by atoms with van der Waals surface area (Å²) in [5, 5.41) is 0. The number of benzene rings is 1. The molecule has 0 aliphatic heterocycles. The highest BCUT2D eigenvalue weighted by atomic mass is 16.5. The topological polar surface area (TPSA) is 57.0 Å². The zero-order chi connectivity index (χ0) is 17.3. The van der Waals surface area contributed by atoms with E-state index in [-0.39, 0.29) is 5.78 Å². The van der Waals surface area contributed by atoms with Crippen LogP contribution < -0.4 is 4.74 Å². The summed E-state index contributed by atoms with van der Waals surface area (Å²) in [5.41, 5.74) is 3.08. The summed E-state index contributed by atoms with van der Waals surface area (Å²) < 4.78 is 12.0. The molecule has 0 bridgehead atoms. The Morgan fingerprint density at radius 3 is 2.25 bits per heavy atom. The number of pyridine rings is 1. The predicted octanol–water partition coefficient (Wildman–Crippen LogP) is 3.27. The third-order valence-corrected chi connectivity index (χ3v) is 4.02. The Morgan fingerprint density at radius 2 is 1.62 bits per heavy atom. The van der Waals surface area contributed by atoms with E-state index in [0.717, 1.165) is 11.1 Å². The number of methoxy groups -OCH3 is 2. The first-order valence-electron chi connectivity index (χ1n) is 7.45. The molecule has 0 unspecified atom stereocenters. The molecule has 0 fully saturated rings. The summed E-state index contributed by atoms with van der Waals surface area (Å²) in [6.45, 7) is 1.86. The van der Waals surface area contributed by atoms with Crippen LogP contribution in [0.2, 0.25) is 0 Å². The molecule has 2 aromatic heterocycles. The lowest BCUT2D eigenvalue weighted by molar-refractivity contribution is 0.0600. The van der Waals surface area contributed by atoms with Crippen molar-refractivity contribution in [3.05, 3.63) is 71.0 Å². The summed E-state index contributed by atoms with van der Waals surface area (Å²) in [6.07, 6.45) is 1.83. The van der Waals surface area contributed by atoms with Gasteiger partial charge in [0.05, 0.1) is 25.3 Å². The molecule has 2 heterocycles. The lowest BCUT2D eigenvalue weighted by Crippen LogP contribution is -2.08. The van der Waals surface area contributed by atoms with E-state index >= 15 is 0 Å². The Balaban J connectivity index is 2.09. The van der Waals surface area contributed by atoms with Crippen LogP contribution in [0.15, 0.2) is 48.7 Å². The molecule has 0 saturated heterocycles. The first kappa shape index (κ1) is 15.8. The number of carbonyl (C=O) groups is 2. The molecule has 5 heteroatoms. The molecule has 0 aliphatic carbocycles. The molecule has 122 valence electrons. The Morgan fingerprint density at radius 1 is 0.958 bits per heavy atom. The Hall–Kier alpha value is -3.08. The number of carbonyl (C=O) groups excluding carboxylic acids is 2. The van der Waals surface area contributed by atoms with Crippen molar-refractivity contribution < 1.29 is 19.1 Å². The molecule has 0 aliphatic rings. The van der Waals surface area contributed by atoms with Crippen molar-refractivity contribution in [3.8, 4) is 5.75 Å². The summed E-state index contributed by atoms with van der Waals surface area (Å²) in [5.74, 6) is 0.124. The molecule has 3 rings (SSSR count). The van der Waals surface area contributed by atoms with Gasteiger partial charge in [0.25, 0.3) is 0 Å². The summed E-state index contributed by atoms with van der Waals surface area (Å²) in [4.78, 5) is 24.5. The van der Waals surface area contributed by atoms with Gasteiger partial charge in [-0.05, 0) is 31.2 Å². The second-order valence-electron chi connectivity index (χ2n) is 5.36. The number of ether oxygens (including phenoxy) is 2. The van der Waals surface area contributed by atoms with Gasteiger partial charge in [-0.3, -0.25) is 4.79 Å². The number of hydrogen-bond donors (Lipinski definition) is 0. The lowest BCUT2D eigenvalue weighted by atomic mass is 10.0. The zero-order valence-electron chi connectivity index (χ0n) is 13.7. The summed E-state index contributed by atoms with van der Waals surface area (Å²) in [7, 11) is 2.92. The van der Waals surface area contributed by atoms with Crippen LogP contribution in [0.5, 0.6) is 5.75 Å². The van der Waals surface area contributed by atoms with Crippen molar-refractivity contribution in [1.82, 2.24) is 4.40 Å². The number of nitrogens with zero attached hydrogens (tertiary/aromatic N) is 1. The van der Waals surface area contributed by atoms with Gasteiger partial charge in [0, 0.05) is 17.3 Å². The van der Waals surface area contributed by atoms with E-state index in [9.17, 15) is 9.59 Å². The maximum absolute atomic E-state index is 13.0. The van der Waals surface area contributed by atoms with E-state index in [1.807, 2.05) is 35.7 Å². The van der Waals surface area contributed by atoms with E-state index in [2.05, 4.69) is 4.74 Å². The fourth-order valence-corrected chi connectivity index (χ4v) is 2.85. The minimum Gasteiger partial charge on any atom is -0.494 e. The average molecular weight is 323 g/mol. The molecular weight excluding hydrogens is 306 g/mol. The molecule has 3 aromatic rings. The standard InChI is InChI=1S/C19H17NO4/c1-12-16(20-11-5-4-6-15(20)18(12)23-2)17(21)13-7-9-14(10-8-13)19(22)24-3/h4-11H,1-3H3. The Bertz CT molecular complexity index is 922. The first-order valence-corrected chi connectivity index (χ1v) is 7.45. The van der Waals surface area contributed by atoms with E-state index < -0.39 is 5.97 Å². The van der Waals surface area contributed by atoms with Gasteiger partial charge >= 0.3 is 5.97 Å². The van der Waals surface area contributed by atoms with Gasteiger partial charge in [0.1, 0.15) is 11.4 Å². The van der Waals surface area contributed by atoms with E-state index in [0.29, 0.717) is 22.6 Å². The molecular formula is C19H17NO4. The maximum atomic E-state index is 13.0. The number of esters is 1. The van der Waals surface area contributed by atoms with Crippen LogP contribution in [0.3, 0.4) is 0 Å². The van der Waals surface area contributed by atoms with Crippen molar-refractivity contribution in [1.29, 1.82) is 0 Å². The van der Waals surface area contributed by atoms with Gasteiger partial charge in [-0.1, -0.05) is 18.2 Å². The number of hydrogen-bond acceptors (Lipinski definition) is 4. The van der Waals surface area contributed by atoms with Crippen molar-refractivity contribution in [2.24, 2.45) is 0 Å². The second kappa shape index (κ2) is 6.20. The molecule has 5 nitrogen and oxygen atoms in total. The number of ketones is 1. The minimum absolute atomic E-state index is 0.131. The van der Waals surface area contributed by atoms with Crippen LogP contribution in [0, 0.1) is 6.92 Å². The first-order chi connectivity index (χ1) is 11.6.